The van der Waals surface area contributed by atoms with E-state index in [1.54, 1.807) is 11.3 Å². The molecule has 0 amide bonds. The second-order valence-electron chi connectivity index (χ2n) is 7.01. The smallest absolute Gasteiger partial charge is 0.107 e. The molecule has 0 aliphatic carbocycles. The number of aromatic nitrogens is 2. The Labute approximate surface area is 147 Å². The Bertz CT molecular complexity index is 636. The first-order valence-corrected chi connectivity index (χ1v) is 9.49. The summed E-state index contributed by atoms with van der Waals surface area (Å²) in [5.74, 6) is 0. The van der Waals surface area contributed by atoms with Crippen LogP contribution >= 0.6 is 11.3 Å². The van der Waals surface area contributed by atoms with Crippen LogP contribution in [0, 0.1) is 5.41 Å². The number of likely N-dealkylation sites (tertiary alicyclic amines) is 1. The van der Waals surface area contributed by atoms with Gasteiger partial charge in [0.25, 0.3) is 0 Å². The lowest BCUT2D eigenvalue weighted by atomic mass is 9.87. The molecule has 0 bridgehead atoms. The van der Waals surface area contributed by atoms with E-state index in [4.69, 9.17) is 4.74 Å². The Morgan fingerprint density at radius 1 is 1.08 bits per heavy atom. The van der Waals surface area contributed by atoms with Crippen LogP contribution in [0.1, 0.15) is 17.0 Å². The van der Waals surface area contributed by atoms with Crippen LogP contribution in [0.4, 0.5) is 0 Å². The number of pyridine rings is 1. The Hall–Kier alpha value is -1.34. The summed E-state index contributed by atoms with van der Waals surface area (Å²) in [6.07, 6.45) is 6.87. The molecule has 2 aromatic rings. The predicted octanol–water partition coefficient (Wildman–Crippen LogP) is 2.26. The Morgan fingerprint density at radius 2 is 1.92 bits per heavy atom. The van der Waals surface area contributed by atoms with E-state index in [1.807, 2.05) is 18.6 Å². The first kappa shape index (κ1) is 16.1. The molecule has 2 aliphatic rings. The van der Waals surface area contributed by atoms with E-state index in [9.17, 15) is 0 Å². The highest BCUT2D eigenvalue weighted by molar-refractivity contribution is 7.09. The molecule has 0 aromatic carbocycles. The van der Waals surface area contributed by atoms with Crippen molar-refractivity contribution in [3.63, 3.8) is 0 Å². The van der Waals surface area contributed by atoms with Gasteiger partial charge in [-0.05, 0) is 30.7 Å². The van der Waals surface area contributed by atoms with Crippen LogP contribution in [0.2, 0.25) is 0 Å². The van der Waals surface area contributed by atoms with E-state index in [2.05, 4.69) is 37.3 Å². The van der Waals surface area contributed by atoms with Crippen molar-refractivity contribution in [3.05, 3.63) is 46.7 Å². The van der Waals surface area contributed by atoms with Crippen molar-refractivity contribution in [2.75, 3.05) is 39.4 Å². The third kappa shape index (κ3) is 3.83. The lowest BCUT2D eigenvalue weighted by Crippen LogP contribution is -2.40. The van der Waals surface area contributed by atoms with E-state index in [-0.39, 0.29) is 5.41 Å². The summed E-state index contributed by atoms with van der Waals surface area (Å²) in [6, 6.07) is 4.23. The number of thiazole rings is 1. The summed E-state index contributed by atoms with van der Waals surface area (Å²) < 4.78 is 5.99. The predicted molar refractivity (Wildman–Crippen MR) is 94.8 cm³/mol. The molecule has 1 spiro atoms. The molecule has 1 unspecified atom stereocenters. The molecule has 0 N–H and O–H groups in total. The number of rotatable bonds is 4. The van der Waals surface area contributed by atoms with Crippen molar-refractivity contribution in [2.24, 2.45) is 5.41 Å². The zero-order chi connectivity index (χ0) is 16.2. The fourth-order valence-corrected chi connectivity index (χ4v) is 4.55. The zero-order valence-corrected chi connectivity index (χ0v) is 14.7. The monoisotopic (exact) mass is 344 g/mol. The highest BCUT2D eigenvalue weighted by atomic mass is 32.1. The van der Waals surface area contributed by atoms with Crippen molar-refractivity contribution in [1.82, 2.24) is 19.8 Å². The van der Waals surface area contributed by atoms with E-state index in [0.29, 0.717) is 0 Å². The molecule has 2 fully saturated rings. The van der Waals surface area contributed by atoms with Gasteiger partial charge >= 0.3 is 0 Å². The fourth-order valence-electron chi connectivity index (χ4n) is 3.89. The van der Waals surface area contributed by atoms with Gasteiger partial charge in [-0.2, -0.15) is 0 Å². The summed E-state index contributed by atoms with van der Waals surface area (Å²) in [5, 5.41) is 3.28. The third-order valence-corrected chi connectivity index (χ3v) is 5.80. The quantitative estimate of drug-likeness (QED) is 0.851. The van der Waals surface area contributed by atoms with Crippen LogP contribution < -0.4 is 0 Å². The normalized spacial score (nSPS) is 26.0. The minimum absolute atomic E-state index is 0.265. The van der Waals surface area contributed by atoms with Crippen molar-refractivity contribution in [1.29, 1.82) is 0 Å². The van der Waals surface area contributed by atoms with Gasteiger partial charge < -0.3 is 4.74 Å². The summed E-state index contributed by atoms with van der Waals surface area (Å²) in [4.78, 5) is 13.6. The highest BCUT2D eigenvalue weighted by Crippen LogP contribution is 2.34. The van der Waals surface area contributed by atoms with Gasteiger partial charge in [0.1, 0.15) is 5.01 Å². The van der Waals surface area contributed by atoms with E-state index < -0.39 is 0 Å². The van der Waals surface area contributed by atoms with Gasteiger partial charge in [-0.25, -0.2) is 4.98 Å². The van der Waals surface area contributed by atoms with Crippen LogP contribution in [-0.4, -0.2) is 59.2 Å². The molecule has 6 heteroatoms. The van der Waals surface area contributed by atoms with Crippen molar-refractivity contribution >= 4 is 11.3 Å². The van der Waals surface area contributed by atoms with Gasteiger partial charge in [-0.1, -0.05) is 0 Å². The summed E-state index contributed by atoms with van der Waals surface area (Å²) in [5.41, 5.74) is 1.60. The SMILES string of the molecule is c1cc(CN2CCOCC3(CCN(Cc4nccs4)C3)C2)ccn1. The van der Waals surface area contributed by atoms with E-state index in [0.717, 1.165) is 52.5 Å². The van der Waals surface area contributed by atoms with Crippen molar-refractivity contribution in [2.45, 2.75) is 19.5 Å². The molecule has 2 aliphatic heterocycles. The molecule has 24 heavy (non-hydrogen) atoms. The molecule has 4 rings (SSSR count). The maximum atomic E-state index is 5.99. The van der Waals surface area contributed by atoms with Crippen molar-refractivity contribution in [3.8, 4) is 0 Å². The summed E-state index contributed by atoms with van der Waals surface area (Å²) in [6.45, 7) is 8.06. The van der Waals surface area contributed by atoms with Gasteiger partial charge in [-0.15, -0.1) is 11.3 Å². The Kier molecular flexibility index (Phi) is 4.89. The molecular formula is C18H24N4OS. The maximum Gasteiger partial charge on any atom is 0.107 e. The molecule has 0 radical (unpaired) electrons. The molecule has 1 atom stereocenters. The van der Waals surface area contributed by atoms with Gasteiger partial charge in [0.15, 0.2) is 0 Å². The average molecular weight is 344 g/mol. The average Bonchev–Trinajstić information content (AvgIpc) is 3.19. The number of ether oxygens (including phenoxy) is 1. The second-order valence-corrected chi connectivity index (χ2v) is 7.98. The minimum Gasteiger partial charge on any atom is -0.379 e. The molecule has 5 nitrogen and oxygen atoms in total. The first-order chi connectivity index (χ1) is 11.8. The first-order valence-electron chi connectivity index (χ1n) is 8.61. The second kappa shape index (κ2) is 7.27. The van der Waals surface area contributed by atoms with Gasteiger partial charge in [-0.3, -0.25) is 14.8 Å². The van der Waals surface area contributed by atoms with Gasteiger partial charge in [0.05, 0.1) is 19.8 Å². The highest BCUT2D eigenvalue weighted by Gasteiger charge is 2.41. The number of nitrogens with zero attached hydrogens (tertiary/aromatic N) is 4. The van der Waals surface area contributed by atoms with Gasteiger partial charge in [0.2, 0.25) is 0 Å². The lowest BCUT2D eigenvalue weighted by Gasteiger charge is -2.32. The lowest BCUT2D eigenvalue weighted by molar-refractivity contribution is 0.0706. The fraction of sp³-hybridized carbons (Fsp3) is 0.556. The Morgan fingerprint density at radius 3 is 2.71 bits per heavy atom. The van der Waals surface area contributed by atoms with Crippen LogP contribution in [-0.2, 0) is 17.8 Å². The largest absolute Gasteiger partial charge is 0.379 e. The van der Waals surface area contributed by atoms with Crippen LogP contribution in [0.3, 0.4) is 0 Å². The van der Waals surface area contributed by atoms with E-state index in [1.165, 1.54) is 17.0 Å². The zero-order valence-electron chi connectivity index (χ0n) is 13.9. The molecule has 2 aromatic heterocycles. The molecular weight excluding hydrogens is 320 g/mol. The molecule has 4 heterocycles. The van der Waals surface area contributed by atoms with Crippen molar-refractivity contribution < 1.29 is 4.74 Å². The Balaban J connectivity index is 1.40. The maximum absolute atomic E-state index is 5.99. The third-order valence-electron chi connectivity index (χ3n) is 5.03. The number of hydrogen-bond acceptors (Lipinski definition) is 6. The van der Waals surface area contributed by atoms with Gasteiger partial charge in [0, 0.05) is 55.6 Å². The topological polar surface area (TPSA) is 41.5 Å². The van der Waals surface area contributed by atoms with Crippen LogP contribution in [0.5, 0.6) is 0 Å². The minimum atomic E-state index is 0.265. The summed E-state index contributed by atoms with van der Waals surface area (Å²) in [7, 11) is 0. The molecule has 2 saturated heterocycles. The van der Waals surface area contributed by atoms with Crippen LogP contribution in [0.25, 0.3) is 0 Å². The summed E-state index contributed by atoms with van der Waals surface area (Å²) >= 11 is 1.75. The van der Waals surface area contributed by atoms with E-state index >= 15 is 0 Å². The van der Waals surface area contributed by atoms with Crippen LogP contribution in [0.15, 0.2) is 36.1 Å². The number of hydrogen-bond donors (Lipinski definition) is 0. The molecule has 128 valence electrons. The molecule has 0 saturated carbocycles. The standard InChI is InChI=1S/C18H24N4OS/c1-4-19-5-2-16(1)11-22-8-9-23-15-18(14-22)3-7-21(13-18)12-17-20-6-10-24-17/h1-2,4-6,10H,3,7-9,11-15H2.